The largest absolute Gasteiger partial charge is 0.348 e. The molecule has 0 fully saturated rings. The van der Waals surface area contributed by atoms with Crippen molar-refractivity contribution in [3.05, 3.63) is 41.7 Å². The summed E-state index contributed by atoms with van der Waals surface area (Å²) in [7, 11) is 1.82. The van der Waals surface area contributed by atoms with E-state index in [4.69, 9.17) is 0 Å². The van der Waals surface area contributed by atoms with E-state index in [2.05, 4.69) is 20.7 Å². The van der Waals surface area contributed by atoms with E-state index in [1.54, 1.807) is 19.1 Å². The van der Waals surface area contributed by atoms with Gasteiger partial charge in [0.1, 0.15) is 11.6 Å². The Hall–Kier alpha value is -2.28. The van der Waals surface area contributed by atoms with Crippen LogP contribution in [0.25, 0.3) is 5.69 Å². The summed E-state index contributed by atoms with van der Waals surface area (Å²) in [6.07, 6.45) is 0. The lowest BCUT2D eigenvalue weighted by molar-refractivity contribution is 0.0940. The van der Waals surface area contributed by atoms with Crippen molar-refractivity contribution in [1.29, 1.82) is 0 Å². The Morgan fingerprint density at radius 2 is 2.05 bits per heavy atom. The lowest BCUT2D eigenvalue weighted by Crippen LogP contribution is -2.37. The number of hydrogen-bond donors (Lipinski definition) is 2. The van der Waals surface area contributed by atoms with Gasteiger partial charge < -0.3 is 10.6 Å². The van der Waals surface area contributed by atoms with Crippen molar-refractivity contribution in [2.45, 2.75) is 19.9 Å². The molecule has 21 heavy (non-hydrogen) atoms. The summed E-state index contributed by atoms with van der Waals surface area (Å²) >= 11 is 0. The number of amides is 1. The summed E-state index contributed by atoms with van der Waals surface area (Å²) < 4.78 is 14.4. The molecule has 7 heteroatoms. The molecule has 0 aliphatic heterocycles. The number of aryl methyl sites for hydroxylation is 1. The van der Waals surface area contributed by atoms with Crippen LogP contribution in [0.4, 0.5) is 4.39 Å². The van der Waals surface area contributed by atoms with Crippen molar-refractivity contribution in [1.82, 2.24) is 25.4 Å². The molecule has 0 bridgehead atoms. The summed E-state index contributed by atoms with van der Waals surface area (Å²) in [6.45, 7) is 4.18. The quantitative estimate of drug-likeness (QED) is 0.864. The van der Waals surface area contributed by atoms with Gasteiger partial charge in [0.25, 0.3) is 5.91 Å². The van der Waals surface area contributed by atoms with Crippen LogP contribution in [-0.2, 0) is 0 Å². The number of carbonyl (C=O) groups is 1. The van der Waals surface area contributed by atoms with Crippen molar-refractivity contribution in [3.8, 4) is 5.69 Å². The van der Waals surface area contributed by atoms with Gasteiger partial charge in [-0.25, -0.2) is 14.1 Å². The highest BCUT2D eigenvalue weighted by molar-refractivity contribution is 5.90. The van der Waals surface area contributed by atoms with Crippen LogP contribution in [0.3, 0.4) is 0 Å². The minimum absolute atomic E-state index is 0.0973. The number of nitrogens with zero attached hydrogens (tertiary/aromatic N) is 3. The molecular formula is C14H18FN5O. The first-order chi connectivity index (χ1) is 10.0. The van der Waals surface area contributed by atoms with Gasteiger partial charge in [0.05, 0.1) is 5.69 Å². The molecule has 1 unspecified atom stereocenters. The Balaban J connectivity index is 2.15. The number of nitrogens with one attached hydrogen (secondary N) is 2. The highest BCUT2D eigenvalue weighted by atomic mass is 19.1. The van der Waals surface area contributed by atoms with Crippen molar-refractivity contribution in [2.75, 3.05) is 13.6 Å². The number of rotatable bonds is 5. The highest BCUT2D eigenvalue weighted by Gasteiger charge is 2.15. The van der Waals surface area contributed by atoms with Crippen LogP contribution >= 0.6 is 0 Å². The van der Waals surface area contributed by atoms with Crippen LogP contribution in [0.5, 0.6) is 0 Å². The van der Waals surface area contributed by atoms with Crippen LogP contribution in [0.2, 0.25) is 0 Å². The van der Waals surface area contributed by atoms with Gasteiger partial charge in [-0.15, -0.1) is 5.10 Å². The zero-order chi connectivity index (χ0) is 15.4. The van der Waals surface area contributed by atoms with E-state index in [9.17, 15) is 9.18 Å². The van der Waals surface area contributed by atoms with E-state index in [0.29, 0.717) is 18.1 Å². The first-order valence-corrected chi connectivity index (χ1v) is 6.66. The Labute approximate surface area is 122 Å². The summed E-state index contributed by atoms with van der Waals surface area (Å²) in [5.74, 6) is 0.00477. The SMILES string of the molecule is CNC(C)CNC(=O)c1nc(C)n(-c2ccc(F)cc2)n1. The summed E-state index contributed by atoms with van der Waals surface area (Å²) in [5, 5.41) is 9.94. The predicted molar refractivity (Wildman–Crippen MR) is 76.9 cm³/mol. The van der Waals surface area contributed by atoms with Crippen LogP contribution < -0.4 is 10.6 Å². The minimum Gasteiger partial charge on any atom is -0.348 e. The third-order valence-electron chi connectivity index (χ3n) is 3.10. The van der Waals surface area contributed by atoms with Gasteiger partial charge in [0.15, 0.2) is 0 Å². The van der Waals surface area contributed by atoms with Gasteiger partial charge >= 0.3 is 0 Å². The van der Waals surface area contributed by atoms with Crippen molar-refractivity contribution in [2.24, 2.45) is 0 Å². The molecule has 1 heterocycles. The van der Waals surface area contributed by atoms with E-state index in [0.717, 1.165) is 0 Å². The normalized spacial score (nSPS) is 12.2. The zero-order valence-corrected chi connectivity index (χ0v) is 12.2. The maximum absolute atomic E-state index is 12.9. The fourth-order valence-electron chi connectivity index (χ4n) is 1.74. The van der Waals surface area contributed by atoms with Crippen molar-refractivity contribution >= 4 is 5.91 Å². The van der Waals surface area contributed by atoms with Gasteiger partial charge in [0, 0.05) is 12.6 Å². The molecule has 1 amide bonds. The molecule has 0 aliphatic carbocycles. The molecule has 0 saturated carbocycles. The molecule has 0 spiro atoms. The summed E-state index contributed by atoms with van der Waals surface area (Å²) in [5.41, 5.74) is 0.657. The lowest BCUT2D eigenvalue weighted by Gasteiger charge is -2.09. The molecule has 2 N–H and O–H groups in total. The highest BCUT2D eigenvalue weighted by Crippen LogP contribution is 2.10. The van der Waals surface area contributed by atoms with Crippen LogP contribution in [-0.4, -0.2) is 40.3 Å². The predicted octanol–water partition coefficient (Wildman–Crippen LogP) is 1.05. The van der Waals surface area contributed by atoms with Gasteiger partial charge in [-0.2, -0.15) is 0 Å². The fraction of sp³-hybridized carbons (Fsp3) is 0.357. The Morgan fingerprint density at radius 1 is 1.38 bits per heavy atom. The molecular weight excluding hydrogens is 273 g/mol. The first-order valence-electron chi connectivity index (χ1n) is 6.66. The summed E-state index contributed by atoms with van der Waals surface area (Å²) in [6, 6.07) is 6.01. The molecule has 0 saturated heterocycles. The monoisotopic (exact) mass is 291 g/mol. The van der Waals surface area contributed by atoms with Gasteiger partial charge in [-0.3, -0.25) is 4.79 Å². The molecule has 2 rings (SSSR count). The zero-order valence-electron chi connectivity index (χ0n) is 12.2. The number of aromatic nitrogens is 3. The average molecular weight is 291 g/mol. The van der Waals surface area contributed by atoms with Gasteiger partial charge in [0.2, 0.25) is 5.82 Å². The number of hydrogen-bond acceptors (Lipinski definition) is 4. The van der Waals surface area contributed by atoms with E-state index in [1.807, 2.05) is 14.0 Å². The molecule has 1 aromatic heterocycles. The van der Waals surface area contributed by atoms with Gasteiger partial charge in [-0.05, 0) is 45.2 Å². The Kier molecular flexibility index (Phi) is 4.64. The second-order valence-corrected chi connectivity index (χ2v) is 4.77. The molecule has 2 aromatic rings. The number of benzene rings is 1. The van der Waals surface area contributed by atoms with E-state index in [1.165, 1.54) is 16.8 Å². The standard InChI is InChI=1S/C14H18FN5O/c1-9(16-3)8-17-14(21)13-18-10(2)20(19-13)12-6-4-11(15)5-7-12/h4-7,9,16H,8H2,1-3H3,(H,17,21). The van der Waals surface area contributed by atoms with Crippen LogP contribution in [0.1, 0.15) is 23.4 Å². The summed E-state index contributed by atoms with van der Waals surface area (Å²) in [4.78, 5) is 16.1. The minimum atomic E-state index is -0.332. The van der Waals surface area contributed by atoms with E-state index >= 15 is 0 Å². The van der Waals surface area contributed by atoms with Crippen LogP contribution in [0.15, 0.2) is 24.3 Å². The second kappa shape index (κ2) is 6.45. The van der Waals surface area contributed by atoms with E-state index in [-0.39, 0.29) is 23.6 Å². The third kappa shape index (κ3) is 3.63. The van der Waals surface area contributed by atoms with Crippen LogP contribution in [0, 0.1) is 12.7 Å². The smallest absolute Gasteiger partial charge is 0.291 e. The van der Waals surface area contributed by atoms with Crippen molar-refractivity contribution < 1.29 is 9.18 Å². The molecule has 0 aliphatic rings. The van der Waals surface area contributed by atoms with E-state index < -0.39 is 0 Å². The second-order valence-electron chi connectivity index (χ2n) is 4.77. The maximum Gasteiger partial charge on any atom is 0.291 e. The topological polar surface area (TPSA) is 71.8 Å². The molecule has 112 valence electrons. The van der Waals surface area contributed by atoms with Crippen molar-refractivity contribution in [3.63, 3.8) is 0 Å². The average Bonchev–Trinajstić information content (AvgIpc) is 2.87. The first kappa shape index (κ1) is 15.1. The molecule has 1 aromatic carbocycles. The molecule has 1 atom stereocenters. The number of likely N-dealkylation sites (N-methyl/N-ethyl adjacent to an activating group) is 1. The Bertz CT molecular complexity index is 623. The molecule has 6 nitrogen and oxygen atoms in total. The molecule has 0 radical (unpaired) electrons. The fourth-order valence-corrected chi connectivity index (χ4v) is 1.74. The third-order valence-corrected chi connectivity index (χ3v) is 3.10. The Morgan fingerprint density at radius 3 is 2.67 bits per heavy atom. The number of halogens is 1. The van der Waals surface area contributed by atoms with Gasteiger partial charge in [-0.1, -0.05) is 0 Å². The number of carbonyl (C=O) groups excluding carboxylic acids is 1. The maximum atomic E-state index is 12.9. The lowest BCUT2D eigenvalue weighted by atomic mass is 10.3.